The molecule has 0 unspecified atom stereocenters. The van der Waals surface area contributed by atoms with E-state index in [2.05, 4.69) is 4.98 Å². The zero-order valence-corrected chi connectivity index (χ0v) is 16.7. The molecule has 3 aromatic carbocycles. The van der Waals surface area contributed by atoms with Gasteiger partial charge < -0.3 is 9.72 Å². The number of hydrogen-bond acceptors (Lipinski definition) is 3. The van der Waals surface area contributed by atoms with Crippen LogP contribution in [0.5, 0.6) is 5.75 Å². The summed E-state index contributed by atoms with van der Waals surface area (Å²) in [6.07, 6.45) is 0. The second-order valence-electron chi connectivity index (χ2n) is 6.26. The summed E-state index contributed by atoms with van der Waals surface area (Å²) in [5, 5.41) is 1.96. The number of pyridine rings is 1. The van der Waals surface area contributed by atoms with Crippen molar-refractivity contribution in [3.8, 4) is 16.9 Å². The standard InChI is InChI=1S/C21H12Cl3NO3/c1-10(26)28-19-8-12(11-2-4-15(23)16(24)6-11)7-18-20(19)21(27)14-9-13(22)3-5-17(14)25-18/h2-9H,1H3,(H,25,27). The Morgan fingerprint density at radius 3 is 2.39 bits per heavy atom. The number of esters is 1. The molecule has 0 aliphatic rings. The molecule has 4 nitrogen and oxygen atoms in total. The van der Waals surface area contributed by atoms with Gasteiger partial charge in [-0.1, -0.05) is 40.9 Å². The fraction of sp³-hybridized carbons (Fsp3) is 0.0476. The van der Waals surface area contributed by atoms with Gasteiger partial charge in [0, 0.05) is 22.8 Å². The molecule has 7 heteroatoms. The number of aromatic amines is 1. The average molecular weight is 433 g/mol. The number of ether oxygens (including phenoxy) is 1. The van der Waals surface area contributed by atoms with Crippen LogP contribution < -0.4 is 10.2 Å². The third kappa shape index (κ3) is 3.35. The molecule has 0 radical (unpaired) electrons. The van der Waals surface area contributed by atoms with Crippen LogP contribution in [0.15, 0.2) is 53.3 Å². The molecule has 0 atom stereocenters. The molecule has 0 aliphatic carbocycles. The molecule has 4 aromatic rings. The number of fused-ring (bicyclic) bond motifs is 2. The van der Waals surface area contributed by atoms with Crippen LogP contribution in [0, 0.1) is 0 Å². The van der Waals surface area contributed by atoms with Crippen molar-refractivity contribution in [2.45, 2.75) is 6.92 Å². The van der Waals surface area contributed by atoms with Gasteiger partial charge in [0.15, 0.2) is 0 Å². The van der Waals surface area contributed by atoms with Gasteiger partial charge >= 0.3 is 5.97 Å². The van der Waals surface area contributed by atoms with E-state index in [1.165, 1.54) is 6.92 Å². The van der Waals surface area contributed by atoms with Crippen molar-refractivity contribution in [1.82, 2.24) is 4.98 Å². The second kappa shape index (κ2) is 7.13. The minimum atomic E-state index is -0.529. The molecule has 0 fully saturated rings. The summed E-state index contributed by atoms with van der Waals surface area (Å²) in [6.45, 7) is 1.28. The van der Waals surface area contributed by atoms with Gasteiger partial charge in [-0.2, -0.15) is 0 Å². The fourth-order valence-corrected chi connectivity index (χ4v) is 3.59. The first-order valence-corrected chi connectivity index (χ1v) is 9.40. The maximum absolute atomic E-state index is 13.1. The highest BCUT2D eigenvalue weighted by atomic mass is 35.5. The van der Waals surface area contributed by atoms with Gasteiger partial charge in [-0.3, -0.25) is 9.59 Å². The zero-order chi connectivity index (χ0) is 20.0. The Hall–Kier alpha value is -2.53. The SMILES string of the molecule is CC(=O)Oc1cc(-c2ccc(Cl)c(Cl)c2)cc2[nH]c3ccc(Cl)cc3c(=O)c12. The van der Waals surface area contributed by atoms with Crippen LogP contribution in [0.4, 0.5) is 0 Å². The first-order valence-electron chi connectivity index (χ1n) is 8.26. The summed E-state index contributed by atoms with van der Waals surface area (Å²) in [5.74, 6) is -0.368. The molecule has 28 heavy (non-hydrogen) atoms. The predicted molar refractivity (Wildman–Crippen MR) is 114 cm³/mol. The number of carbonyl (C=O) groups is 1. The van der Waals surface area contributed by atoms with Crippen LogP contribution in [0.1, 0.15) is 6.92 Å². The van der Waals surface area contributed by atoms with Crippen molar-refractivity contribution in [3.63, 3.8) is 0 Å². The highest BCUT2D eigenvalue weighted by Gasteiger charge is 2.15. The van der Waals surface area contributed by atoms with Gasteiger partial charge in [0.25, 0.3) is 0 Å². The smallest absolute Gasteiger partial charge is 0.308 e. The van der Waals surface area contributed by atoms with Crippen molar-refractivity contribution in [2.24, 2.45) is 0 Å². The van der Waals surface area contributed by atoms with Gasteiger partial charge in [0.1, 0.15) is 5.75 Å². The summed E-state index contributed by atoms with van der Waals surface area (Å²) in [5.41, 5.74) is 2.36. The summed E-state index contributed by atoms with van der Waals surface area (Å²) >= 11 is 18.2. The molecule has 0 aliphatic heterocycles. The quantitative estimate of drug-likeness (QED) is 0.232. The van der Waals surface area contributed by atoms with Crippen LogP contribution >= 0.6 is 34.8 Å². The lowest BCUT2D eigenvalue weighted by atomic mass is 10.0. The van der Waals surface area contributed by atoms with Crippen molar-refractivity contribution in [3.05, 3.63) is 73.8 Å². The Morgan fingerprint density at radius 2 is 1.68 bits per heavy atom. The molecular formula is C21H12Cl3NO3. The first-order chi connectivity index (χ1) is 13.3. The van der Waals surface area contributed by atoms with Crippen molar-refractivity contribution < 1.29 is 9.53 Å². The lowest BCUT2D eigenvalue weighted by molar-refractivity contribution is -0.131. The van der Waals surface area contributed by atoms with Gasteiger partial charge in [-0.15, -0.1) is 0 Å². The number of carbonyl (C=O) groups excluding carboxylic acids is 1. The molecular weight excluding hydrogens is 421 g/mol. The van der Waals surface area contributed by atoms with Crippen LogP contribution in [-0.4, -0.2) is 11.0 Å². The topological polar surface area (TPSA) is 59.2 Å². The van der Waals surface area contributed by atoms with Crippen molar-refractivity contribution >= 4 is 62.6 Å². The molecule has 0 bridgehead atoms. The lowest BCUT2D eigenvalue weighted by Gasteiger charge is -2.12. The highest BCUT2D eigenvalue weighted by Crippen LogP contribution is 2.34. The number of nitrogens with one attached hydrogen (secondary N) is 1. The summed E-state index contributed by atoms with van der Waals surface area (Å²) < 4.78 is 5.35. The van der Waals surface area contributed by atoms with Gasteiger partial charge in [-0.05, 0) is 53.6 Å². The van der Waals surface area contributed by atoms with E-state index in [-0.39, 0.29) is 16.6 Å². The van der Waals surface area contributed by atoms with E-state index < -0.39 is 5.97 Å². The van der Waals surface area contributed by atoms with E-state index in [1.807, 2.05) is 0 Å². The number of rotatable bonds is 2. The molecule has 0 saturated heterocycles. The van der Waals surface area contributed by atoms with Gasteiger partial charge in [0.2, 0.25) is 5.43 Å². The number of aromatic nitrogens is 1. The normalized spacial score (nSPS) is 11.1. The molecule has 0 amide bonds. The van der Waals surface area contributed by atoms with Crippen LogP contribution in [0.3, 0.4) is 0 Å². The second-order valence-corrected chi connectivity index (χ2v) is 7.51. The average Bonchev–Trinajstić information content (AvgIpc) is 2.64. The minimum absolute atomic E-state index is 0.161. The predicted octanol–water partition coefficient (Wildman–Crippen LogP) is 6.23. The minimum Gasteiger partial charge on any atom is -0.426 e. The highest BCUT2D eigenvalue weighted by molar-refractivity contribution is 6.42. The van der Waals surface area contributed by atoms with E-state index in [4.69, 9.17) is 39.5 Å². The number of benzene rings is 3. The molecule has 1 N–H and O–H groups in total. The van der Waals surface area contributed by atoms with E-state index in [0.717, 1.165) is 5.56 Å². The zero-order valence-electron chi connectivity index (χ0n) is 14.5. The van der Waals surface area contributed by atoms with E-state index in [9.17, 15) is 9.59 Å². The molecule has 0 saturated carbocycles. The Bertz CT molecular complexity index is 1330. The maximum atomic E-state index is 13.1. The Balaban J connectivity index is 2.08. The Kier molecular flexibility index (Phi) is 4.79. The van der Waals surface area contributed by atoms with E-state index in [1.54, 1.807) is 48.5 Å². The van der Waals surface area contributed by atoms with Crippen molar-refractivity contribution in [1.29, 1.82) is 0 Å². The lowest BCUT2D eigenvalue weighted by Crippen LogP contribution is -2.09. The van der Waals surface area contributed by atoms with E-state index in [0.29, 0.717) is 37.1 Å². The molecule has 0 spiro atoms. The molecule has 140 valence electrons. The molecule has 4 rings (SSSR count). The monoisotopic (exact) mass is 431 g/mol. The molecule has 1 heterocycles. The first kappa shape index (κ1) is 18.8. The number of hydrogen-bond donors (Lipinski definition) is 1. The van der Waals surface area contributed by atoms with Gasteiger partial charge in [0.05, 0.1) is 20.9 Å². The summed E-state index contributed by atoms with van der Waals surface area (Å²) in [6, 6.07) is 13.6. The molecule has 1 aromatic heterocycles. The van der Waals surface area contributed by atoms with Crippen molar-refractivity contribution in [2.75, 3.05) is 0 Å². The largest absolute Gasteiger partial charge is 0.426 e. The maximum Gasteiger partial charge on any atom is 0.308 e. The summed E-state index contributed by atoms with van der Waals surface area (Å²) in [7, 11) is 0. The Labute approximate surface area is 174 Å². The van der Waals surface area contributed by atoms with Crippen LogP contribution in [0.2, 0.25) is 15.1 Å². The summed E-state index contributed by atoms with van der Waals surface area (Å²) in [4.78, 5) is 27.9. The number of H-pyrrole nitrogens is 1. The van der Waals surface area contributed by atoms with Gasteiger partial charge in [-0.25, -0.2) is 0 Å². The fourth-order valence-electron chi connectivity index (χ4n) is 3.12. The third-order valence-electron chi connectivity index (χ3n) is 4.33. The third-order valence-corrected chi connectivity index (χ3v) is 5.31. The van der Waals surface area contributed by atoms with E-state index >= 15 is 0 Å². The number of halogens is 3. The van der Waals surface area contributed by atoms with Crippen LogP contribution in [-0.2, 0) is 4.79 Å². The van der Waals surface area contributed by atoms with Crippen LogP contribution in [0.25, 0.3) is 32.9 Å². The Morgan fingerprint density at radius 1 is 0.893 bits per heavy atom.